The average Bonchev–Trinajstić information content (AvgIpc) is 2.64. The molecule has 1 heterocycles. The Hall–Kier alpha value is -2.51. The Morgan fingerprint density at radius 2 is 1.38 bits per heavy atom. The molecular formula is C19H13Br2N3O2. The minimum absolute atomic E-state index is 0.122. The van der Waals surface area contributed by atoms with Gasteiger partial charge in [-0.05, 0) is 48.5 Å². The second-order valence-corrected chi connectivity index (χ2v) is 7.10. The Morgan fingerprint density at radius 1 is 0.808 bits per heavy atom. The fourth-order valence-corrected chi connectivity index (χ4v) is 2.87. The fraction of sp³-hybridized carbons (Fsp3) is 0. The van der Waals surface area contributed by atoms with Crippen molar-refractivity contribution in [3.05, 3.63) is 74.8 Å². The lowest BCUT2D eigenvalue weighted by Gasteiger charge is -2.02. The quantitative estimate of drug-likeness (QED) is 0.488. The van der Waals surface area contributed by atoms with Crippen molar-refractivity contribution in [3.63, 3.8) is 0 Å². The number of pyridine rings is 1. The molecule has 0 aliphatic heterocycles. The van der Waals surface area contributed by atoms with E-state index in [1.54, 1.807) is 60.9 Å². The number of phenolic OH excluding ortho intramolecular Hbond substituents is 2. The predicted octanol–water partition coefficient (Wildman–Crippen LogP) is 5.52. The summed E-state index contributed by atoms with van der Waals surface area (Å²) in [6.45, 7) is 0. The van der Waals surface area contributed by atoms with Gasteiger partial charge in [0.2, 0.25) is 0 Å². The molecule has 0 saturated carbocycles. The summed E-state index contributed by atoms with van der Waals surface area (Å²) >= 11 is 6.73. The molecule has 130 valence electrons. The molecule has 0 amide bonds. The van der Waals surface area contributed by atoms with Crippen LogP contribution in [0.3, 0.4) is 0 Å². The minimum Gasteiger partial charge on any atom is -0.507 e. The number of aromatic nitrogens is 1. The second kappa shape index (κ2) is 8.25. The van der Waals surface area contributed by atoms with Crippen molar-refractivity contribution in [2.75, 3.05) is 0 Å². The number of aliphatic imine (C=N–C) groups is 2. The summed E-state index contributed by atoms with van der Waals surface area (Å²) in [4.78, 5) is 12.9. The summed E-state index contributed by atoms with van der Waals surface area (Å²) in [5, 5.41) is 19.8. The predicted molar refractivity (Wildman–Crippen MR) is 110 cm³/mol. The van der Waals surface area contributed by atoms with E-state index in [-0.39, 0.29) is 11.5 Å². The molecule has 0 aliphatic rings. The summed E-state index contributed by atoms with van der Waals surface area (Å²) < 4.78 is 1.67. The van der Waals surface area contributed by atoms with Gasteiger partial charge in [0.15, 0.2) is 5.82 Å². The standard InChI is InChI=1S/C19H13Br2N3O2/c20-14-3-5-17(25)12(8-14)10-23-16-2-1-7-22-19(16)24-11-13-9-15(21)4-6-18(13)26/h1-11,25-26H/b23-10?,24-11+. The highest BCUT2D eigenvalue weighted by Gasteiger charge is 2.03. The highest BCUT2D eigenvalue weighted by Crippen LogP contribution is 2.27. The Bertz CT molecular complexity index is 923. The van der Waals surface area contributed by atoms with E-state index >= 15 is 0 Å². The number of aromatic hydroxyl groups is 2. The van der Waals surface area contributed by atoms with Gasteiger partial charge in [-0.3, -0.25) is 4.99 Å². The van der Waals surface area contributed by atoms with Gasteiger partial charge in [-0.1, -0.05) is 31.9 Å². The maximum atomic E-state index is 9.90. The third-order valence-corrected chi connectivity index (χ3v) is 4.40. The summed E-state index contributed by atoms with van der Waals surface area (Å²) in [5.74, 6) is 0.652. The van der Waals surface area contributed by atoms with Crippen molar-refractivity contribution in [3.8, 4) is 11.5 Å². The van der Waals surface area contributed by atoms with E-state index in [0.717, 1.165) is 8.95 Å². The number of benzene rings is 2. The van der Waals surface area contributed by atoms with E-state index in [0.29, 0.717) is 22.6 Å². The van der Waals surface area contributed by atoms with E-state index < -0.39 is 0 Å². The Balaban J connectivity index is 1.91. The first-order chi connectivity index (χ1) is 12.5. The molecule has 0 bridgehead atoms. The zero-order valence-electron chi connectivity index (χ0n) is 13.3. The largest absolute Gasteiger partial charge is 0.507 e. The van der Waals surface area contributed by atoms with Crippen LogP contribution >= 0.6 is 31.9 Å². The topological polar surface area (TPSA) is 78.1 Å². The van der Waals surface area contributed by atoms with Crippen LogP contribution in [0.2, 0.25) is 0 Å². The third-order valence-electron chi connectivity index (χ3n) is 3.41. The first-order valence-electron chi connectivity index (χ1n) is 7.53. The molecule has 0 unspecified atom stereocenters. The fourth-order valence-electron chi connectivity index (χ4n) is 2.12. The van der Waals surface area contributed by atoms with Crippen molar-refractivity contribution in [1.29, 1.82) is 0 Å². The van der Waals surface area contributed by atoms with Gasteiger partial charge in [-0.15, -0.1) is 0 Å². The summed E-state index contributed by atoms with van der Waals surface area (Å²) in [6, 6.07) is 13.7. The van der Waals surface area contributed by atoms with Crippen LogP contribution in [0.5, 0.6) is 11.5 Å². The molecule has 0 atom stereocenters. The van der Waals surface area contributed by atoms with Gasteiger partial charge in [0.25, 0.3) is 0 Å². The number of nitrogens with zero attached hydrogens (tertiary/aromatic N) is 3. The van der Waals surface area contributed by atoms with E-state index in [1.165, 1.54) is 6.21 Å². The van der Waals surface area contributed by atoms with E-state index in [9.17, 15) is 10.2 Å². The molecule has 3 aromatic rings. The Labute approximate surface area is 167 Å². The summed E-state index contributed by atoms with van der Waals surface area (Å²) in [5.41, 5.74) is 1.67. The van der Waals surface area contributed by atoms with Gasteiger partial charge in [-0.2, -0.15) is 0 Å². The molecule has 0 radical (unpaired) electrons. The molecular weight excluding hydrogens is 462 g/mol. The van der Waals surface area contributed by atoms with Gasteiger partial charge in [0.1, 0.15) is 17.2 Å². The van der Waals surface area contributed by atoms with Gasteiger partial charge in [0, 0.05) is 38.7 Å². The monoisotopic (exact) mass is 473 g/mol. The lowest BCUT2D eigenvalue weighted by atomic mass is 10.2. The Morgan fingerprint density at radius 3 is 2.00 bits per heavy atom. The van der Waals surface area contributed by atoms with Crippen LogP contribution in [0.25, 0.3) is 0 Å². The maximum Gasteiger partial charge on any atom is 0.178 e. The van der Waals surface area contributed by atoms with Gasteiger partial charge >= 0.3 is 0 Å². The summed E-state index contributed by atoms with van der Waals surface area (Å²) in [6.07, 6.45) is 4.69. The van der Waals surface area contributed by atoms with Crippen molar-refractivity contribution >= 4 is 55.8 Å². The van der Waals surface area contributed by atoms with Crippen molar-refractivity contribution in [2.24, 2.45) is 9.98 Å². The third kappa shape index (κ3) is 4.56. The highest BCUT2D eigenvalue weighted by atomic mass is 79.9. The lowest BCUT2D eigenvalue weighted by molar-refractivity contribution is 0.474. The number of hydrogen-bond acceptors (Lipinski definition) is 5. The van der Waals surface area contributed by atoms with Crippen LogP contribution in [0.1, 0.15) is 11.1 Å². The van der Waals surface area contributed by atoms with Crippen LogP contribution in [0, 0.1) is 0 Å². The zero-order chi connectivity index (χ0) is 18.5. The molecule has 2 aromatic carbocycles. The SMILES string of the molecule is Oc1ccc(Br)cc1C=Nc1cccnc1/N=C/c1cc(Br)ccc1O. The summed E-state index contributed by atoms with van der Waals surface area (Å²) in [7, 11) is 0. The smallest absolute Gasteiger partial charge is 0.178 e. The maximum absolute atomic E-state index is 9.90. The Kier molecular flexibility index (Phi) is 5.80. The molecule has 0 spiro atoms. The molecule has 5 nitrogen and oxygen atoms in total. The number of rotatable bonds is 4. The molecule has 3 rings (SSSR count). The van der Waals surface area contributed by atoms with Crippen molar-refractivity contribution < 1.29 is 10.2 Å². The van der Waals surface area contributed by atoms with Crippen LogP contribution in [0.4, 0.5) is 11.5 Å². The number of halogens is 2. The van der Waals surface area contributed by atoms with Crippen LogP contribution in [-0.4, -0.2) is 27.6 Å². The van der Waals surface area contributed by atoms with Gasteiger partial charge < -0.3 is 10.2 Å². The highest BCUT2D eigenvalue weighted by molar-refractivity contribution is 9.10. The van der Waals surface area contributed by atoms with Crippen LogP contribution in [-0.2, 0) is 0 Å². The first-order valence-corrected chi connectivity index (χ1v) is 9.12. The molecule has 26 heavy (non-hydrogen) atoms. The molecule has 0 fully saturated rings. The zero-order valence-corrected chi connectivity index (χ0v) is 16.5. The minimum atomic E-state index is 0.122. The lowest BCUT2D eigenvalue weighted by Crippen LogP contribution is -1.85. The molecule has 0 aliphatic carbocycles. The van der Waals surface area contributed by atoms with E-state index in [1.807, 2.05) is 0 Å². The van der Waals surface area contributed by atoms with Crippen LogP contribution in [0.15, 0.2) is 73.7 Å². The van der Waals surface area contributed by atoms with Gasteiger partial charge in [-0.25, -0.2) is 9.98 Å². The van der Waals surface area contributed by atoms with E-state index in [2.05, 4.69) is 46.8 Å². The average molecular weight is 475 g/mol. The second-order valence-electron chi connectivity index (χ2n) is 5.27. The number of hydrogen-bond donors (Lipinski definition) is 2. The van der Waals surface area contributed by atoms with E-state index in [4.69, 9.17) is 0 Å². The van der Waals surface area contributed by atoms with Crippen molar-refractivity contribution in [1.82, 2.24) is 4.98 Å². The first kappa shape index (κ1) is 18.3. The number of phenols is 2. The van der Waals surface area contributed by atoms with Crippen LogP contribution < -0.4 is 0 Å². The molecule has 7 heteroatoms. The van der Waals surface area contributed by atoms with Crippen molar-refractivity contribution in [2.45, 2.75) is 0 Å². The van der Waals surface area contributed by atoms with Gasteiger partial charge in [0.05, 0.1) is 0 Å². The molecule has 2 N–H and O–H groups in total. The normalized spacial score (nSPS) is 11.5. The molecule has 1 aromatic heterocycles. The molecule has 0 saturated heterocycles.